The Kier molecular flexibility index (Phi) is 8.05. The van der Waals surface area contributed by atoms with Gasteiger partial charge in [-0.3, -0.25) is 9.36 Å². The number of carbonyl (C=O) groups is 1. The fourth-order valence-electron chi connectivity index (χ4n) is 4.29. The van der Waals surface area contributed by atoms with Gasteiger partial charge in [0.15, 0.2) is 0 Å². The monoisotopic (exact) mass is 548 g/mol. The molecule has 7 nitrogen and oxygen atoms in total. The molecule has 1 aromatic heterocycles. The number of urea groups is 1. The predicted molar refractivity (Wildman–Crippen MR) is 147 cm³/mol. The second kappa shape index (κ2) is 11.4. The lowest BCUT2D eigenvalue weighted by molar-refractivity contribution is 0.185. The van der Waals surface area contributed by atoms with Gasteiger partial charge in [0.2, 0.25) is 0 Å². The number of carbonyl (C=O) groups excluding carboxylic acids is 1. The van der Waals surface area contributed by atoms with E-state index in [1.54, 1.807) is 15.5 Å². The van der Waals surface area contributed by atoms with Gasteiger partial charge in [-0.25, -0.2) is 9.78 Å². The molecule has 4 aromatic rings. The Balaban J connectivity index is 1.83. The maximum atomic E-state index is 13.8. The molecular formula is C28H29BrN4O3. The summed E-state index contributed by atoms with van der Waals surface area (Å²) >= 11 is 3.44. The van der Waals surface area contributed by atoms with Crippen molar-refractivity contribution in [3.63, 3.8) is 0 Å². The summed E-state index contributed by atoms with van der Waals surface area (Å²) in [7, 11) is 0. The van der Waals surface area contributed by atoms with E-state index in [9.17, 15) is 9.59 Å². The number of hydrogen-bond acceptors (Lipinski definition) is 4. The van der Waals surface area contributed by atoms with E-state index in [1.165, 1.54) is 0 Å². The maximum absolute atomic E-state index is 13.8. The third-order valence-electron chi connectivity index (χ3n) is 5.95. The Labute approximate surface area is 218 Å². The number of hydrogen-bond donors (Lipinski definition) is 1. The summed E-state index contributed by atoms with van der Waals surface area (Å²) in [6.45, 7) is 6.82. The van der Waals surface area contributed by atoms with Crippen molar-refractivity contribution in [1.29, 1.82) is 0 Å². The quantitative estimate of drug-likeness (QED) is 0.270. The van der Waals surface area contributed by atoms with Crippen molar-refractivity contribution in [2.75, 3.05) is 18.5 Å². The van der Waals surface area contributed by atoms with Crippen molar-refractivity contribution in [2.45, 2.75) is 33.2 Å². The fourth-order valence-corrected chi connectivity index (χ4v) is 4.69. The molecule has 1 unspecified atom stereocenters. The Morgan fingerprint density at radius 2 is 1.81 bits per heavy atom. The van der Waals surface area contributed by atoms with Crippen molar-refractivity contribution in [2.24, 2.45) is 0 Å². The highest BCUT2D eigenvalue weighted by Crippen LogP contribution is 2.27. The van der Waals surface area contributed by atoms with Crippen molar-refractivity contribution in [1.82, 2.24) is 14.5 Å². The van der Waals surface area contributed by atoms with E-state index < -0.39 is 6.04 Å². The average molecular weight is 549 g/mol. The summed E-state index contributed by atoms with van der Waals surface area (Å²) in [5, 5.41) is 3.50. The van der Waals surface area contributed by atoms with Crippen LogP contribution in [0.15, 0.2) is 82.1 Å². The Bertz CT molecular complexity index is 1420. The molecule has 0 spiro atoms. The van der Waals surface area contributed by atoms with Crippen LogP contribution in [-0.2, 0) is 0 Å². The van der Waals surface area contributed by atoms with Gasteiger partial charge in [-0.15, -0.1) is 0 Å². The zero-order chi connectivity index (χ0) is 25.7. The molecule has 2 amide bonds. The van der Waals surface area contributed by atoms with Gasteiger partial charge in [0.05, 0.1) is 29.2 Å². The van der Waals surface area contributed by atoms with Gasteiger partial charge in [0, 0.05) is 16.7 Å². The number of amides is 2. The Hall–Kier alpha value is -3.65. The molecule has 1 N–H and O–H groups in total. The molecule has 186 valence electrons. The number of halogens is 1. The van der Waals surface area contributed by atoms with Crippen LogP contribution < -0.4 is 15.6 Å². The van der Waals surface area contributed by atoms with Crippen LogP contribution in [0.5, 0.6) is 5.75 Å². The Morgan fingerprint density at radius 1 is 1.06 bits per heavy atom. The van der Waals surface area contributed by atoms with Crippen molar-refractivity contribution in [3.05, 3.63) is 93.4 Å². The standard InChI is InChI=1S/C28H29BrN4O3/c1-4-25(32(5-2)28(35)30-20-11-9-10-19(29)18-20)26-31-24-13-8-7-12-23(24)27(34)33(26)21-14-16-22(17-15-21)36-6-3/h7-18,25H,4-6H2,1-3H3,(H,30,35). The fraction of sp³-hybridized carbons (Fsp3) is 0.250. The predicted octanol–water partition coefficient (Wildman–Crippen LogP) is 6.55. The lowest BCUT2D eigenvalue weighted by Gasteiger charge is -2.31. The van der Waals surface area contributed by atoms with E-state index in [1.807, 2.05) is 87.5 Å². The first-order valence-corrected chi connectivity index (χ1v) is 12.8. The molecule has 0 saturated carbocycles. The molecule has 0 aliphatic rings. The summed E-state index contributed by atoms with van der Waals surface area (Å²) < 4.78 is 8.06. The minimum atomic E-state index is -0.439. The number of nitrogens with zero attached hydrogens (tertiary/aromatic N) is 3. The summed E-state index contributed by atoms with van der Waals surface area (Å²) in [6.07, 6.45) is 0.571. The van der Waals surface area contributed by atoms with Crippen LogP contribution in [0.25, 0.3) is 16.6 Å². The SMILES string of the molecule is CCOc1ccc(-n2c(C(CC)N(CC)C(=O)Nc3cccc(Br)c3)nc3ccccc3c2=O)cc1. The molecule has 0 bridgehead atoms. The summed E-state index contributed by atoms with van der Waals surface area (Å²) in [5.74, 6) is 1.23. The van der Waals surface area contributed by atoms with Crippen molar-refractivity contribution < 1.29 is 9.53 Å². The largest absolute Gasteiger partial charge is 0.494 e. The van der Waals surface area contributed by atoms with Gasteiger partial charge in [0.1, 0.15) is 11.6 Å². The number of fused-ring (bicyclic) bond motifs is 1. The van der Waals surface area contributed by atoms with Crippen LogP contribution in [-0.4, -0.2) is 33.6 Å². The van der Waals surface area contributed by atoms with Gasteiger partial charge < -0.3 is 15.0 Å². The van der Waals surface area contributed by atoms with E-state index in [4.69, 9.17) is 9.72 Å². The number of para-hydroxylation sites is 1. The molecular weight excluding hydrogens is 520 g/mol. The summed E-state index contributed by atoms with van der Waals surface area (Å²) in [6, 6.07) is 21.4. The third-order valence-corrected chi connectivity index (χ3v) is 6.44. The first kappa shape index (κ1) is 25.4. The topological polar surface area (TPSA) is 76.5 Å². The molecule has 0 saturated heterocycles. The van der Waals surface area contributed by atoms with Gasteiger partial charge in [-0.05, 0) is 74.9 Å². The van der Waals surface area contributed by atoms with Gasteiger partial charge >= 0.3 is 6.03 Å². The second-order valence-electron chi connectivity index (χ2n) is 8.21. The first-order valence-electron chi connectivity index (χ1n) is 12.0. The molecule has 0 aliphatic carbocycles. The highest BCUT2D eigenvalue weighted by molar-refractivity contribution is 9.10. The number of anilines is 1. The molecule has 0 aliphatic heterocycles. The van der Waals surface area contributed by atoms with E-state index in [0.717, 1.165) is 10.2 Å². The van der Waals surface area contributed by atoms with Crippen molar-refractivity contribution >= 4 is 38.6 Å². The summed E-state index contributed by atoms with van der Waals surface area (Å²) in [5.41, 5.74) is 1.76. The van der Waals surface area contributed by atoms with E-state index in [0.29, 0.717) is 47.7 Å². The lowest BCUT2D eigenvalue weighted by atomic mass is 10.1. The molecule has 0 fully saturated rings. The average Bonchev–Trinajstić information content (AvgIpc) is 2.88. The van der Waals surface area contributed by atoms with Crippen LogP contribution in [0.3, 0.4) is 0 Å². The van der Waals surface area contributed by atoms with Crippen molar-refractivity contribution in [3.8, 4) is 11.4 Å². The van der Waals surface area contributed by atoms with Crippen LogP contribution >= 0.6 is 15.9 Å². The van der Waals surface area contributed by atoms with E-state index in [2.05, 4.69) is 21.2 Å². The Morgan fingerprint density at radius 3 is 2.47 bits per heavy atom. The molecule has 8 heteroatoms. The number of rotatable bonds is 8. The maximum Gasteiger partial charge on any atom is 0.322 e. The highest BCUT2D eigenvalue weighted by atomic mass is 79.9. The molecule has 36 heavy (non-hydrogen) atoms. The minimum absolute atomic E-state index is 0.179. The smallest absolute Gasteiger partial charge is 0.322 e. The molecule has 4 rings (SSSR count). The number of nitrogens with one attached hydrogen (secondary N) is 1. The molecule has 0 radical (unpaired) electrons. The molecule has 3 aromatic carbocycles. The highest BCUT2D eigenvalue weighted by Gasteiger charge is 2.28. The third kappa shape index (κ3) is 5.28. The van der Waals surface area contributed by atoms with E-state index in [-0.39, 0.29) is 11.6 Å². The zero-order valence-electron chi connectivity index (χ0n) is 20.6. The zero-order valence-corrected chi connectivity index (χ0v) is 22.2. The van der Waals surface area contributed by atoms with Crippen LogP contribution in [0.4, 0.5) is 10.5 Å². The molecule has 1 heterocycles. The van der Waals surface area contributed by atoms with Gasteiger partial charge in [-0.2, -0.15) is 0 Å². The first-order chi connectivity index (χ1) is 17.5. The van der Waals surface area contributed by atoms with Gasteiger partial charge in [-0.1, -0.05) is 41.1 Å². The van der Waals surface area contributed by atoms with E-state index >= 15 is 0 Å². The minimum Gasteiger partial charge on any atom is -0.494 e. The number of ether oxygens (including phenoxy) is 1. The number of benzene rings is 3. The molecule has 1 atom stereocenters. The van der Waals surface area contributed by atoms with Gasteiger partial charge in [0.25, 0.3) is 5.56 Å². The normalized spacial score (nSPS) is 11.8. The van der Waals surface area contributed by atoms with Crippen LogP contribution in [0.2, 0.25) is 0 Å². The van der Waals surface area contributed by atoms with Crippen LogP contribution in [0, 0.1) is 0 Å². The van der Waals surface area contributed by atoms with Crippen LogP contribution in [0.1, 0.15) is 39.1 Å². The second-order valence-corrected chi connectivity index (χ2v) is 9.12. The number of aromatic nitrogens is 2. The summed E-state index contributed by atoms with van der Waals surface area (Å²) in [4.78, 5) is 33.8. The lowest BCUT2D eigenvalue weighted by Crippen LogP contribution is -2.40.